The van der Waals surface area contributed by atoms with Crippen molar-refractivity contribution in [2.45, 2.75) is 13.8 Å². The van der Waals surface area contributed by atoms with E-state index in [9.17, 15) is 9.59 Å². The summed E-state index contributed by atoms with van der Waals surface area (Å²) < 4.78 is 0. The summed E-state index contributed by atoms with van der Waals surface area (Å²) in [4.78, 5) is 19.4. The number of hydrogen-bond acceptors (Lipinski definition) is 2. The first-order valence-electron chi connectivity index (χ1n) is 3.26. The van der Waals surface area contributed by atoms with Crippen molar-refractivity contribution in [3.63, 3.8) is 0 Å². The molecule has 0 atom stereocenters. The predicted molar refractivity (Wildman–Crippen MR) is 48.0 cm³/mol. The van der Waals surface area contributed by atoms with E-state index in [0.717, 1.165) is 11.6 Å². The smallest absolute Gasteiger partial charge is 0.241 e. The molecular formula is C8H14N2O2. The molecule has 12 heavy (non-hydrogen) atoms. The van der Waals surface area contributed by atoms with E-state index in [4.69, 9.17) is 5.73 Å². The molecule has 0 aliphatic heterocycles. The van der Waals surface area contributed by atoms with Crippen molar-refractivity contribution in [2.75, 3.05) is 0 Å². The van der Waals surface area contributed by atoms with Crippen LogP contribution < -0.4 is 11.5 Å². The van der Waals surface area contributed by atoms with Gasteiger partial charge in [-0.2, -0.15) is 0 Å². The van der Waals surface area contributed by atoms with Crippen LogP contribution in [0.5, 0.6) is 0 Å². The van der Waals surface area contributed by atoms with Crippen LogP contribution in [0.1, 0.15) is 13.8 Å². The van der Waals surface area contributed by atoms with E-state index in [-0.39, 0.29) is 5.91 Å². The summed E-state index contributed by atoms with van der Waals surface area (Å²) in [6.07, 6.45) is 2.44. The van der Waals surface area contributed by atoms with Crippen LogP contribution >= 0.6 is 0 Å². The van der Waals surface area contributed by atoms with Crippen molar-refractivity contribution in [2.24, 2.45) is 11.5 Å². The van der Waals surface area contributed by atoms with Crippen molar-refractivity contribution in [3.05, 3.63) is 24.3 Å². The maximum absolute atomic E-state index is 9.96. The Morgan fingerprint density at radius 3 is 1.50 bits per heavy atom. The van der Waals surface area contributed by atoms with Gasteiger partial charge in [0.15, 0.2) is 0 Å². The molecule has 4 nitrogen and oxygen atoms in total. The summed E-state index contributed by atoms with van der Waals surface area (Å²) in [6, 6.07) is 0. The SMILES string of the molecule is C=CC(N)=O.CC(C)=CC(N)=O. The lowest BCUT2D eigenvalue weighted by Gasteiger charge is -1.80. The fourth-order valence-corrected chi connectivity index (χ4v) is 0.285. The first-order chi connectivity index (χ1) is 5.40. The highest BCUT2D eigenvalue weighted by atomic mass is 16.1. The molecule has 0 bridgehead atoms. The fraction of sp³-hybridized carbons (Fsp3) is 0.250. The third kappa shape index (κ3) is 23.7. The number of carbonyl (C=O) groups is 2. The Balaban J connectivity index is 0. The molecule has 0 aromatic carbocycles. The zero-order valence-corrected chi connectivity index (χ0v) is 7.33. The van der Waals surface area contributed by atoms with Crippen LogP contribution in [-0.2, 0) is 9.59 Å². The summed E-state index contributed by atoms with van der Waals surface area (Å²) >= 11 is 0. The molecule has 4 N–H and O–H groups in total. The molecule has 0 fully saturated rings. The minimum absolute atomic E-state index is 0.375. The number of amides is 2. The molecule has 68 valence electrons. The van der Waals surface area contributed by atoms with E-state index >= 15 is 0 Å². The lowest BCUT2D eigenvalue weighted by molar-refractivity contribution is -0.114. The molecule has 0 saturated carbocycles. The minimum Gasteiger partial charge on any atom is -0.366 e. The highest BCUT2D eigenvalue weighted by Crippen LogP contribution is 1.84. The van der Waals surface area contributed by atoms with Gasteiger partial charge < -0.3 is 11.5 Å². The van der Waals surface area contributed by atoms with Gasteiger partial charge in [0.05, 0.1) is 0 Å². The second kappa shape index (κ2) is 7.53. The third-order valence-electron chi connectivity index (χ3n) is 0.632. The van der Waals surface area contributed by atoms with Gasteiger partial charge in [-0.05, 0) is 19.9 Å². The van der Waals surface area contributed by atoms with E-state index in [1.54, 1.807) is 0 Å². The van der Waals surface area contributed by atoms with Crippen LogP contribution in [0.2, 0.25) is 0 Å². The van der Waals surface area contributed by atoms with Crippen LogP contribution in [0, 0.1) is 0 Å². The maximum Gasteiger partial charge on any atom is 0.241 e. The van der Waals surface area contributed by atoms with Crippen LogP contribution in [0.25, 0.3) is 0 Å². The zero-order valence-electron chi connectivity index (χ0n) is 7.33. The van der Waals surface area contributed by atoms with Gasteiger partial charge in [-0.15, -0.1) is 0 Å². The van der Waals surface area contributed by atoms with Gasteiger partial charge in [0.2, 0.25) is 11.8 Å². The second-order valence-electron chi connectivity index (χ2n) is 2.23. The largest absolute Gasteiger partial charge is 0.366 e. The van der Waals surface area contributed by atoms with Crippen molar-refractivity contribution in [3.8, 4) is 0 Å². The molecule has 0 rings (SSSR count). The molecule has 0 aromatic heterocycles. The summed E-state index contributed by atoms with van der Waals surface area (Å²) in [5.74, 6) is -0.856. The van der Waals surface area contributed by atoms with E-state index in [0.29, 0.717) is 0 Å². The van der Waals surface area contributed by atoms with Crippen molar-refractivity contribution >= 4 is 11.8 Å². The van der Waals surface area contributed by atoms with Gasteiger partial charge in [0.25, 0.3) is 0 Å². The van der Waals surface area contributed by atoms with Crippen molar-refractivity contribution < 1.29 is 9.59 Å². The number of rotatable bonds is 2. The van der Waals surface area contributed by atoms with Crippen LogP contribution in [0.3, 0.4) is 0 Å². The third-order valence-corrected chi connectivity index (χ3v) is 0.632. The Morgan fingerprint density at radius 2 is 1.50 bits per heavy atom. The zero-order chi connectivity index (χ0) is 10.1. The monoisotopic (exact) mass is 170 g/mol. The highest BCUT2D eigenvalue weighted by molar-refractivity contribution is 5.86. The molecule has 0 unspecified atom stereocenters. The topological polar surface area (TPSA) is 86.2 Å². The summed E-state index contributed by atoms with van der Waals surface area (Å²) in [7, 11) is 0. The minimum atomic E-state index is -0.481. The molecule has 0 aromatic rings. The van der Waals surface area contributed by atoms with Gasteiger partial charge >= 0.3 is 0 Å². The van der Waals surface area contributed by atoms with Gasteiger partial charge in [0, 0.05) is 6.08 Å². The van der Waals surface area contributed by atoms with Crippen molar-refractivity contribution in [1.82, 2.24) is 0 Å². The fourth-order valence-electron chi connectivity index (χ4n) is 0.285. The Hall–Kier alpha value is -1.58. The normalized spacial score (nSPS) is 7.17. The molecule has 0 radical (unpaired) electrons. The second-order valence-corrected chi connectivity index (χ2v) is 2.23. The average Bonchev–Trinajstić information content (AvgIpc) is 1.85. The summed E-state index contributed by atoms with van der Waals surface area (Å²) in [5.41, 5.74) is 10.3. The van der Waals surface area contributed by atoms with E-state index in [2.05, 4.69) is 12.3 Å². The molecule has 0 spiro atoms. The Labute approximate surface area is 71.9 Å². The van der Waals surface area contributed by atoms with Crippen LogP contribution in [0.4, 0.5) is 0 Å². The maximum atomic E-state index is 9.96. The lowest BCUT2D eigenvalue weighted by atomic mass is 10.3. The van der Waals surface area contributed by atoms with Gasteiger partial charge in [-0.25, -0.2) is 0 Å². The van der Waals surface area contributed by atoms with Gasteiger partial charge in [-0.1, -0.05) is 12.2 Å². The van der Waals surface area contributed by atoms with E-state index in [1.807, 2.05) is 13.8 Å². The average molecular weight is 170 g/mol. The summed E-state index contributed by atoms with van der Waals surface area (Å²) in [5, 5.41) is 0. The predicted octanol–water partition coefficient (Wildman–Crippen LogP) is 0.0956. The van der Waals surface area contributed by atoms with Crippen molar-refractivity contribution in [1.29, 1.82) is 0 Å². The number of nitrogens with two attached hydrogens (primary N) is 2. The van der Waals surface area contributed by atoms with Crippen LogP contribution in [0.15, 0.2) is 24.3 Å². The quantitative estimate of drug-likeness (QED) is 0.575. The Kier molecular flexibility index (Phi) is 8.18. The summed E-state index contributed by atoms with van der Waals surface area (Å²) in [6.45, 7) is 6.73. The van der Waals surface area contributed by atoms with E-state index < -0.39 is 5.91 Å². The number of allylic oxidation sites excluding steroid dienone is 1. The Morgan fingerprint density at radius 1 is 1.17 bits per heavy atom. The van der Waals surface area contributed by atoms with Gasteiger partial charge in [0.1, 0.15) is 0 Å². The molecular weight excluding hydrogens is 156 g/mol. The molecule has 0 saturated heterocycles. The molecule has 0 aliphatic rings. The molecule has 4 heteroatoms. The number of carbonyl (C=O) groups excluding carboxylic acids is 2. The van der Waals surface area contributed by atoms with E-state index in [1.165, 1.54) is 6.08 Å². The first kappa shape index (κ1) is 13.0. The van der Waals surface area contributed by atoms with Crippen LogP contribution in [-0.4, -0.2) is 11.8 Å². The number of primary amides is 2. The first-order valence-corrected chi connectivity index (χ1v) is 3.26. The van der Waals surface area contributed by atoms with Gasteiger partial charge in [-0.3, -0.25) is 9.59 Å². The standard InChI is InChI=1S/C5H9NO.C3H5NO/c1-4(2)3-5(6)7;1-2-3(4)5/h3H,1-2H3,(H2,6,7);2H,1H2,(H2,4,5). The highest BCUT2D eigenvalue weighted by Gasteiger charge is 1.80. The molecule has 0 heterocycles. The molecule has 2 amide bonds. The Bertz CT molecular complexity index is 203. The number of hydrogen-bond donors (Lipinski definition) is 2. The molecule has 0 aliphatic carbocycles. The lowest BCUT2D eigenvalue weighted by Crippen LogP contribution is -2.05.